The average Bonchev–Trinajstić information content (AvgIpc) is 2.38. The number of hydrogen-bond acceptors (Lipinski definition) is 3. The van der Waals surface area contributed by atoms with Gasteiger partial charge in [-0.15, -0.1) is 0 Å². The highest BCUT2D eigenvalue weighted by atomic mass is 32.2. The third kappa shape index (κ3) is 4.61. The Bertz CT molecular complexity index is 391. The molecule has 0 spiro atoms. The highest BCUT2D eigenvalue weighted by Gasteiger charge is 2.11. The first-order chi connectivity index (χ1) is 8.69. The van der Waals surface area contributed by atoms with E-state index in [2.05, 4.69) is 6.92 Å². The fourth-order valence-electron chi connectivity index (χ4n) is 1.66. The van der Waals surface area contributed by atoms with Gasteiger partial charge in [0.25, 0.3) is 0 Å². The van der Waals surface area contributed by atoms with Crippen LogP contribution in [0.3, 0.4) is 0 Å². The molecule has 1 aromatic rings. The molecular weight excluding hydrogens is 248 g/mol. The summed E-state index contributed by atoms with van der Waals surface area (Å²) in [7, 11) is 1.49. The van der Waals surface area contributed by atoms with Crippen LogP contribution in [0.5, 0.6) is 5.75 Å². The van der Waals surface area contributed by atoms with Crippen LogP contribution in [-0.4, -0.2) is 23.9 Å². The molecule has 0 aliphatic rings. The number of unbranched alkanes of at least 4 members (excludes halogenated alkanes) is 2. The van der Waals surface area contributed by atoms with Gasteiger partial charge in [0.2, 0.25) is 0 Å². The van der Waals surface area contributed by atoms with Crippen molar-refractivity contribution < 1.29 is 14.6 Å². The fourth-order valence-corrected chi connectivity index (χ4v) is 2.62. The molecule has 4 heteroatoms. The Labute approximate surface area is 113 Å². The maximum atomic E-state index is 11.1. The highest BCUT2D eigenvalue weighted by Crippen LogP contribution is 2.22. The Hall–Kier alpha value is -1.16. The van der Waals surface area contributed by atoms with Gasteiger partial charge < -0.3 is 9.84 Å². The van der Waals surface area contributed by atoms with E-state index in [0.717, 1.165) is 17.1 Å². The van der Waals surface area contributed by atoms with Crippen LogP contribution < -0.4 is 4.74 Å². The molecule has 0 amide bonds. The fraction of sp³-hybridized carbons (Fsp3) is 0.500. The smallest absolute Gasteiger partial charge is 0.339 e. The Balaban J connectivity index is 2.56. The molecular formula is C14H20O3S. The molecule has 100 valence electrons. The van der Waals surface area contributed by atoms with Crippen molar-refractivity contribution in [3.63, 3.8) is 0 Å². The van der Waals surface area contributed by atoms with Gasteiger partial charge in [-0.1, -0.05) is 25.8 Å². The van der Waals surface area contributed by atoms with Crippen molar-refractivity contribution in [2.75, 3.05) is 12.9 Å². The Morgan fingerprint density at radius 1 is 1.39 bits per heavy atom. The number of rotatable bonds is 8. The Kier molecular flexibility index (Phi) is 6.65. The zero-order valence-corrected chi connectivity index (χ0v) is 11.8. The van der Waals surface area contributed by atoms with Gasteiger partial charge in [0, 0.05) is 5.75 Å². The molecule has 0 aromatic heterocycles. The molecule has 0 bridgehead atoms. The number of thioether (sulfide) groups is 1. The summed E-state index contributed by atoms with van der Waals surface area (Å²) < 4.78 is 5.03. The summed E-state index contributed by atoms with van der Waals surface area (Å²) in [5, 5.41) is 9.08. The van der Waals surface area contributed by atoms with Crippen molar-refractivity contribution in [3.05, 3.63) is 29.3 Å². The third-order valence-electron chi connectivity index (χ3n) is 2.66. The van der Waals surface area contributed by atoms with Gasteiger partial charge in [0.15, 0.2) is 0 Å². The second-order valence-corrected chi connectivity index (χ2v) is 5.20. The predicted octanol–water partition coefficient (Wildman–Crippen LogP) is 3.82. The quantitative estimate of drug-likeness (QED) is 0.728. The lowest BCUT2D eigenvalue weighted by molar-refractivity contribution is 0.0693. The van der Waals surface area contributed by atoms with Gasteiger partial charge in [-0.2, -0.15) is 11.8 Å². The first kappa shape index (κ1) is 14.9. The maximum Gasteiger partial charge on any atom is 0.339 e. The van der Waals surface area contributed by atoms with Crippen LogP contribution in [0.1, 0.15) is 42.1 Å². The molecule has 0 radical (unpaired) electrons. The number of ether oxygens (including phenoxy) is 1. The molecule has 3 nitrogen and oxygen atoms in total. The summed E-state index contributed by atoms with van der Waals surface area (Å²) in [6.07, 6.45) is 3.71. The van der Waals surface area contributed by atoms with Crippen LogP contribution in [-0.2, 0) is 5.75 Å². The molecule has 1 rings (SSSR count). The number of benzene rings is 1. The standard InChI is InChI=1S/C14H20O3S/c1-3-4-5-8-18-10-11-6-7-13(17-2)12(9-11)14(15)16/h6-7,9H,3-5,8,10H2,1-2H3,(H,15,16). The summed E-state index contributed by atoms with van der Waals surface area (Å²) in [5.41, 5.74) is 1.28. The van der Waals surface area contributed by atoms with Crippen molar-refractivity contribution in [3.8, 4) is 5.75 Å². The van der Waals surface area contributed by atoms with Gasteiger partial charge in [0.05, 0.1) is 7.11 Å². The van der Waals surface area contributed by atoms with Crippen molar-refractivity contribution >= 4 is 17.7 Å². The molecule has 0 heterocycles. The van der Waals surface area contributed by atoms with Crippen molar-refractivity contribution in [2.24, 2.45) is 0 Å². The maximum absolute atomic E-state index is 11.1. The van der Waals surface area contributed by atoms with Gasteiger partial charge >= 0.3 is 5.97 Å². The number of carboxylic acids is 1. The third-order valence-corrected chi connectivity index (χ3v) is 3.77. The van der Waals surface area contributed by atoms with E-state index in [1.807, 2.05) is 17.8 Å². The van der Waals surface area contributed by atoms with Crippen LogP contribution in [0.25, 0.3) is 0 Å². The monoisotopic (exact) mass is 268 g/mol. The number of carbonyl (C=O) groups is 1. The van der Waals surface area contributed by atoms with E-state index in [4.69, 9.17) is 9.84 Å². The second kappa shape index (κ2) is 8.03. The summed E-state index contributed by atoms with van der Waals surface area (Å²) in [6.45, 7) is 2.19. The summed E-state index contributed by atoms with van der Waals surface area (Å²) >= 11 is 1.85. The number of hydrogen-bond donors (Lipinski definition) is 1. The summed E-state index contributed by atoms with van der Waals surface area (Å²) in [5.74, 6) is 1.46. The predicted molar refractivity (Wildman–Crippen MR) is 75.6 cm³/mol. The van der Waals surface area contributed by atoms with E-state index < -0.39 is 5.97 Å². The van der Waals surface area contributed by atoms with Gasteiger partial charge in [0.1, 0.15) is 11.3 Å². The van der Waals surface area contributed by atoms with Crippen molar-refractivity contribution in [1.29, 1.82) is 0 Å². The zero-order valence-electron chi connectivity index (χ0n) is 10.9. The van der Waals surface area contributed by atoms with E-state index in [1.165, 1.54) is 26.4 Å². The lowest BCUT2D eigenvalue weighted by Gasteiger charge is -2.07. The van der Waals surface area contributed by atoms with Gasteiger partial charge in [-0.05, 0) is 29.9 Å². The minimum atomic E-state index is -0.940. The van der Waals surface area contributed by atoms with E-state index in [1.54, 1.807) is 12.1 Å². The van der Waals surface area contributed by atoms with Crippen LogP contribution in [0.15, 0.2) is 18.2 Å². The largest absolute Gasteiger partial charge is 0.496 e. The Morgan fingerprint density at radius 3 is 2.78 bits per heavy atom. The number of aromatic carboxylic acids is 1. The Morgan fingerprint density at radius 2 is 2.17 bits per heavy atom. The highest BCUT2D eigenvalue weighted by molar-refractivity contribution is 7.98. The molecule has 0 unspecified atom stereocenters. The number of carboxylic acid groups (broad SMARTS) is 1. The van der Waals surface area contributed by atoms with Crippen LogP contribution in [0.2, 0.25) is 0 Å². The van der Waals surface area contributed by atoms with Gasteiger partial charge in [-0.25, -0.2) is 4.79 Å². The van der Waals surface area contributed by atoms with Crippen LogP contribution in [0, 0.1) is 0 Å². The van der Waals surface area contributed by atoms with Crippen LogP contribution >= 0.6 is 11.8 Å². The van der Waals surface area contributed by atoms with E-state index >= 15 is 0 Å². The van der Waals surface area contributed by atoms with Gasteiger partial charge in [-0.3, -0.25) is 0 Å². The average molecular weight is 268 g/mol. The van der Waals surface area contributed by atoms with E-state index in [0.29, 0.717) is 5.75 Å². The van der Waals surface area contributed by atoms with Crippen molar-refractivity contribution in [2.45, 2.75) is 31.9 Å². The summed E-state index contributed by atoms with van der Waals surface area (Å²) in [4.78, 5) is 11.1. The minimum absolute atomic E-state index is 0.240. The first-order valence-corrected chi connectivity index (χ1v) is 7.32. The SMILES string of the molecule is CCCCCSCc1ccc(OC)c(C(=O)O)c1. The molecule has 1 N–H and O–H groups in total. The normalized spacial score (nSPS) is 10.3. The first-order valence-electron chi connectivity index (χ1n) is 6.17. The van der Waals surface area contributed by atoms with Crippen molar-refractivity contribution in [1.82, 2.24) is 0 Å². The minimum Gasteiger partial charge on any atom is -0.496 e. The lowest BCUT2D eigenvalue weighted by Crippen LogP contribution is -2.01. The summed E-state index contributed by atoms with van der Waals surface area (Å²) in [6, 6.07) is 5.36. The second-order valence-electron chi connectivity index (χ2n) is 4.10. The van der Waals surface area contributed by atoms with E-state index in [-0.39, 0.29) is 5.56 Å². The molecule has 1 aromatic carbocycles. The number of methoxy groups -OCH3 is 1. The molecule has 0 saturated heterocycles. The molecule has 0 saturated carbocycles. The molecule has 0 fully saturated rings. The van der Waals surface area contributed by atoms with Crippen LogP contribution in [0.4, 0.5) is 0 Å². The molecule has 0 aliphatic heterocycles. The van der Waals surface area contributed by atoms with E-state index in [9.17, 15) is 4.79 Å². The molecule has 18 heavy (non-hydrogen) atoms. The lowest BCUT2D eigenvalue weighted by atomic mass is 10.1. The topological polar surface area (TPSA) is 46.5 Å². The molecule has 0 aliphatic carbocycles. The zero-order chi connectivity index (χ0) is 13.4. The molecule has 0 atom stereocenters.